The first-order chi connectivity index (χ1) is 5.24. The van der Waals surface area contributed by atoms with Crippen molar-refractivity contribution in [2.24, 2.45) is 0 Å². The lowest BCUT2D eigenvalue weighted by atomic mass is 10.5. The highest BCUT2D eigenvalue weighted by atomic mass is 32.2. The van der Waals surface area contributed by atoms with E-state index in [0.29, 0.717) is 5.25 Å². The Morgan fingerprint density at radius 1 is 1.82 bits per heavy atom. The molecule has 0 radical (unpaired) electrons. The van der Waals surface area contributed by atoms with Crippen LogP contribution < -0.4 is 5.69 Å². The third-order valence-corrected chi connectivity index (χ3v) is 2.53. The molecule has 0 aliphatic carbocycles. The van der Waals surface area contributed by atoms with E-state index in [2.05, 4.69) is 11.9 Å². The summed E-state index contributed by atoms with van der Waals surface area (Å²) in [6.45, 7) is 2.88. The van der Waals surface area contributed by atoms with Crippen molar-refractivity contribution in [1.82, 2.24) is 9.55 Å². The van der Waals surface area contributed by atoms with Crippen LogP contribution in [0.15, 0.2) is 17.2 Å². The first kappa shape index (κ1) is 8.46. The molecule has 0 spiro atoms. The number of rotatable bonds is 3. The normalized spacial score (nSPS) is 13.3. The van der Waals surface area contributed by atoms with Gasteiger partial charge in [0, 0.05) is 24.2 Å². The Morgan fingerprint density at radius 2 is 2.55 bits per heavy atom. The molecular formula is C7H12N2OS. The zero-order valence-corrected chi connectivity index (χ0v) is 7.52. The van der Waals surface area contributed by atoms with Crippen LogP contribution in [0.5, 0.6) is 0 Å². The van der Waals surface area contributed by atoms with Crippen LogP contribution in [0.1, 0.15) is 6.92 Å². The summed E-state index contributed by atoms with van der Waals surface area (Å²) in [5.41, 5.74) is -0.0223. The fraction of sp³-hybridized carbons (Fsp3) is 0.571. The third-order valence-electron chi connectivity index (χ3n) is 1.58. The second kappa shape index (κ2) is 3.67. The number of H-pyrrole nitrogens is 1. The van der Waals surface area contributed by atoms with Gasteiger partial charge in [-0.3, -0.25) is 4.57 Å². The van der Waals surface area contributed by atoms with Crippen LogP contribution in [0.25, 0.3) is 0 Å². The Morgan fingerprint density at radius 3 is 3.00 bits per heavy atom. The first-order valence-electron chi connectivity index (χ1n) is 3.50. The van der Waals surface area contributed by atoms with Gasteiger partial charge in [0.2, 0.25) is 0 Å². The highest BCUT2D eigenvalue weighted by Crippen LogP contribution is 2.05. The lowest BCUT2D eigenvalue weighted by Crippen LogP contribution is -2.20. The maximum absolute atomic E-state index is 11.0. The highest BCUT2D eigenvalue weighted by molar-refractivity contribution is 7.99. The molecule has 0 saturated heterocycles. The summed E-state index contributed by atoms with van der Waals surface area (Å²) >= 11 is 1.76. The van der Waals surface area contributed by atoms with E-state index in [1.165, 1.54) is 0 Å². The van der Waals surface area contributed by atoms with Gasteiger partial charge in [-0.15, -0.1) is 0 Å². The number of thioether (sulfide) groups is 1. The van der Waals surface area contributed by atoms with Gasteiger partial charge in [0.1, 0.15) is 0 Å². The van der Waals surface area contributed by atoms with Gasteiger partial charge in [0.25, 0.3) is 0 Å². The summed E-state index contributed by atoms with van der Waals surface area (Å²) in [7, 11) is 0. The molecule has 0 aromatic carbocycles. The molecular weight excluding hydrogens is 160 g/mol. The molecule has 1 N–H and O–H groups in total. The topological polar surface area (TPSA) is 37.8 Å². The van der Waals surface area contributed by atoms with Gasteiger partial charge in [-0.25, -0.2) is 4.79 Å². The molecule has 1 heterocycles. The highest BCUT2D eigenvalue weighted by Gasteiger charge is 2.01. The largest absolute Gasteiger partial charge is 0.325 e. The van der Waals surface area contributed by atoms with Crippen molar-refractivity contribution in [3.8, 4) is 0 Å². The zero-order valence-electron chi connectivity index (χ0n) is 6.70. The molecule has 0 fully saturated rings. The molecule has 4 heteroatoms. The number of nitrogens with one attached hydrogen (secondary N) is 1. The molecule has 1 aromatic rings. The Labute approximate surface area is 69.8 Å². The van der Waals surface area contributed by atoms with Crippen molar-refractivity contribution >= 4 is 11.8 Å². The molecule has 0 bridgehead atoms. The van der Waals surface area contributed by atoms with Gasteiger partial charge in [-0.2, -0.15) is 11.8 Å². The Bertz CT molecular complexity index is 265. The lowest BCUT2D eigenvalue weighted by Gasteiger charge is -2.06. The molecule has 0 aliphatic rings. The van der Waals surface area contributed by atoms with Crippen LogP contribution in [-0.4, -0.2) is 21.1 Å². The van der Waals surface area contributed by atoms with E-state index in [-0.39, 0.29) is 5.69 Å². The van der Waals surface area contributed by atoms with Crippen molar-refractivity contribution in [2.75, 3.05) is 6.26 Å². The van der Waals surface area contributed by atoms with Gasteiger partial charge in [0.15, 0.2) is 0 Å². The van der Waals surface area contributed by atoms with Gasteiger partial charge < -0.3 is 4.98 Å². The minimum Gasteiger partial charge on any atom is -0.313 e. The van der Waals surface area contributed by atoms with E-state index in [1.54, 1.807) is 28.7 Å². The van der Waals surface area contributed by atoms with Gasteiger partial charge in [-0.1, -0.05) is 6.92 Å². The van der Waals surface area contributed by atoms with Crippen molar-refractivity contribution in [1.29, 1.82) is 0 Å². The Kier molecular flexibility index (Phi) is 2.82. The predicted octanol–water partition coefficient (Wildman–Crippen LogP) is 0.928. The SMILES string of the molecule is CSC(C)Cn1cc[nH]c1=O. The molecule has 3 nitrogen and oxygen atoms in total. The van der Waals surface area contributed by atoms with Crippen LogP contribution in [0.3, 0.4) is 0 Å². The molecule has 1 aromatic heterocycles. The molecule has 0 saturated carbocycles. The van der Waals surface area contributed by atoms with Gasteiger partial charge in [-0.05, 0) is 6.26 Å². The third kappa shape index (κ3) is 2.15. The van der Waals surface area contributed by atoms with Gasteiger partial charge in [0.05, 0.1) is 0 Å². The van der Waals surface area contributed by atoms with Crippen molar-refractivity contribution in [3.63, 3.8) is 0 Å². The van der Waals surface area contributed by atoms with E-state index in [1.807, 2.05) is 6.26 Å². The summed E-state index contributed by atoms with van der Waals surface area (Å²) in [4.78, 5) is 13.6. The second-order valence-corrected chi connectivity index (χ2v) is 3.74. The smallest absolute Gasteiger partial charge is 0.313 e. The van der Waals surface area contributed by atoms with Crippen LogP contribution in [0, 0.1) is 0 Å². The zero-order chi connectivity index (χ0) is 8.27. The molecule has 11 heavy (non-hydrogen) atoms. The van der Waals surface area contributed by atoms with Crippen molar-refractivity contribution < 1.29 is 0 Å². The number of hydrogen-bond donors (Lipinski definition) is 1. The summed E-state index contributed by atoms with van der Waals surface area (Å²) in [6.07, 6.45) is 5.48. The number of aromatic nitrogens is 2. The minimum atomic E-state index is -0.0223. The Hall–Kier alpha value is -0.640. The number of nitrogens with zero attached hydrogens (tertiary/aromatic N) is 1. The predicted molar refractivity (Wildman–Crippen MR) is 48.0 cm³/mol. The molecule has 1 rings (SSSR count). The molecule has 1 unspecified atom stereocenters. The van der Waals surface area contributed by atoms with Crippen molar-refractivity contribution in [2.45, 2.75) is 18.7 Å². The van der Waals surface area contributed by atoms with Crippen LogP contribution in [0.4, 0.5) is 0 Å². The van der Waals surface area contributed by atoms with Crippen LogP contribution in [0.2, 0.25) is 0 Å². The summed E-state index contributed by atoms with van der Waals surface area (Å²) < 4.78 is 1.68. The summed E-state index contributed by atoms with van der Waals surface area (Å²) in [5, 5.41) is 0.489. The molecule has 0 amide bonds. The van der Waals surface area contributed by atoms with E-state index in [0.717, 1.165) is 6.54 Å². The van der Waals surface area contributed by atoms with E-state index >= 15 is 0 Å². The monoisotopic (exact) mass is 172 g/mol. The van der Waals surface area contributed by atoms with Gasteiger partial charge >= 0.3 is 5.69 Å². The number of hydrogen-bond acceptors (Lipinski definition) is 2. The minimum absolute atomic E-state index is 0.0223. The first-order valence-corrected chi connectivity index (χ1v) is 4.79. The van der Waals surface area contributed by atoms with E-state index in [9.17, 15) is 4.79 Å². The summed E-state index contributed by atoms with van der Waals surface area (Å²) in [6, 6.07) is 0. The maximum Gasteiger partial charge on any atom is 0.325 e. The number of aromatic amines is 1. The number of imidazole rings is 1. The molecule has 0 aliphatic heterocycles. The average Bonchev–Trinajstić information content (AvgIpc) is 2.37. The molecule has 62 valence electrons. The standard InChI is InChI=1S/C7H12N2OS/c1-6(11-2)5-9-4-3-8-7(9)10/h3-4,6H,5H2,1-2H3,(H,8,10). The van der Waals surface area contributed by atoms with Crippen LogP contribution in [-0.2, 0) is 6.54 Å². The van der Waals surface area contributed by atoms with E-state index < -0.39 is 0 Å². The Balaban J connectivity index is 2.64. The second-order valence-electron chi connectivity index (χ2n) is 2.46. The summed E-state index contributed by atoms with van der Waals surface area (Å²) in [5.74, 6) is 0. The lowest BCUT2D eigenvalue weighted by molar-refractivity contribution is 0.669. The molecule has 1 atom stereocenters. The maximum atomic E-state index is 11.0. The quantitative estimate of drug-likeness (QED) is 0.736. The average molecular weight is 172 g/mol. The van der Waals surface area contributed by atoms with Crippen molar-refractivity contribution in [3.05, 3.63) is 22.9 Å². The fourth-order valence-corrected chi connectivity index (χ4v) is 1.15. The van der Waals surface area contributed by atoms with E-state index in [4.69, 9.17) is 0 Å². The van der Waals surface area contributed by atoms with Crippen LogP contribution >= 0.6 is 11.8 Å². The fourth-order valence-electron chi connectivity index (χ4n) is 0.844.